The molecule has 0 N–H and O–H groups in total. The first-order chi connectivity index (χ1) is 13.2. The molecule has 0 saturated carbocycles. The first kappa shape index (κ1) is 18.8. The van der Waals surface area contributed by atoms with Crippen molar-refractivity contribution in [3.63, 3.8) is 0 Å². The molecule has 0 fully saturated rings. The van der Waals surface area contributed by atoms with E-state index in [4.69, 9.17) is 0 Å². The van der Waals surface area contributed by atoms with Crippen LogP contribution in [0, 0.1) is 5.82 Å². The molecule has 0 aliphatic heterocycles. The molecule has 2 nitrogen and oxygen atoms in total. The van der Waals surface area contributed by atoms with Crippen LogP contribution in [-0.4, -0.2) is 5.91 Å². The molecule has 1 amide bonds. The summed E-state index contributed by atoms with van der Waals surface area (Å²) in [7, 11) is 0. The van der Waals surface area contributed by atoms with Crippen molar-refractivity contribution in [2.45, 2.75) is 32.7 Å². The number of carbonyl (C=O) groups is 1. The largest absolute Gasteiger partial charge is 0.308 e. The molecule has 0 radical (unpaired) electrons. The van der Waals surface area contributed by atoms with E-state index in [1.54, 1.807) is 17.0 Å². The molecule has 0 aromatic heterocycles. The predicted molar refractivity (Wildman–Crippen MR) is 109 cm³/mol. The minimum Gasteiger partial charge on any atom is -0.308 e. The standard InChI is InChI=1S/C24H24FNO/c1-2-3-12-24(27)26(23-11-7-10-22(25)17-23)18-19-13-15-21(16-14-19)20-8-5-4-6-9-20/h4-11,13-17H,2-3,12,18H2,1H3. The fraction of sp³-hybridized carbons (Fsp3) is 0.208. The number of hydrogen-bond acceptors (Lipinski definition) is 1. The van der Waals surface area contributed by atoms with Crippen molar-refractivity contribution in [3.05, 3.63) is 90.2 Å². The molecule has 0 aliphatic carbocycles. The highest BCUT2D eigenvalue weighted by atomic mass is 19.1. The Kier molecular flexibility index (Phi) is 6.37. The Hall–Kier alpha value is -2.94. The van der Waals surface area contributed by atoms with Gasteiger partial charge in [0.1, 0.15) is 5.82 Å². The monoisotopic (exact) mass is 361 g/mol. The van der Waals surface area contributed by atoms with Crippen LogP contribution in [0.1, 0.15) is 31.7 Å². The predicted octanol–water partition coefficient (Wildman–Crippen LogP) is 6.22. The molecule has 3 aromatic rings. The van der Waals surface area contributed by atoms with Crippen LogP contribution in [0.5, 0.6) is 0 Å². The summed E-state index contributed by atoms with van der Waals surface area (Å²) in [5.74, 6) is -0.310. The molecule has 3 rings (SSSR count). The van der Waals surface area contributed by atoms with Crippen LogP contribution in [0.4, 0.5) is 10.1 Å². The molecule has 0 bridgehead atoms. The van der Waals surface area contributed by atoms with Gasteiger partial charge in [0.15, 0.2) is 0 Å². The second-order valence-electron chi connectivity index (χ2n) is 6.63. The van der Waals surface area contributed by atoms with Crippen LogP contribution in [-0.2, 0) is 11.3 Å². The normalized spacial score (nSPS) is 10.6. The number of benzene rings is 3. The smallest absolute Gasteiger partial charge is 0.227 e. The number of hydrogen-bond donors (Lipinski definition) is 0. The molecule has 27 heavy (non-hydrogen) atoms. The van der Waals surface area contributed by atoms with E-state index in [1.165, 1.54) is 12.1 Å². The zero-order valence-electron chi connectivity index (χ0n) is 15.6. The molecule has 0 saturated heterocycles. The average Bonchev–Trinajstić information content (AvgIpc) is 2.71. The third-order valence-corrected chi connectivity index (χ3v) is 4.57. The van der Waals surface area contributed by atoms with Crippen LogP contribution in [0.25, 0.3) is 11.1 Å². The number of amides is 1. The summed E-state index contributed by atoms with van der Waals surface area (Å²) in [6, 6.07) is 24.6. The molecule has 0 heterocycles. The molecule has 0 spiro atoms. The zero-order valence-corrected chi connectivity index (χ0v) is 15.6. The van der Waals surface area contributed by atoms with Crippen LogP contribution < -0.4 is 4.90 Å². The van der Waals surface area contributed by atoms with Gasteiger partial charge in [0, 0.05) is 12.1 Å². The molecule has 3 aromatic carbocycles. The molecule has 0 aliphatic rings. The Balaban J connectivity index is 1.82. The van der Waals surface area contributed by atoms with Gasteiger partial charge in [0.05, 0.1) is 6.54 Å². The van der Waals surface area contributed by atoms with E-state index in [2.05, 4.69) is 31.2 Å². The molecular formula is C24H24FNO. The minimum atomic E-state index is -0.333. The lowest BCUT2D eigenvalue weighted by atomic mass is 10.0. The Bertz CT molecular complexity index is 874. The number of halogens is 1. The number of unbranched alkanes of at least 4 members (excludes halogenated alkanes) is 1. The second-order valence-corrected chi connectivity index (χ2v) is 6.63. The number of carbonyl (C=O) groups excluding carboxylic acids is 1. The van der Waals surface area contributed by atoms with Crippen LogP contribution in [0.2, 0.25) is 0 Å². The van der Waals surface area contributed by atoms with Gasteiger partial charge in [-0.2, -0.15) is 0 Å². The van der Waals surface area contributed by atoms with Gasteiger partial charge in [-0.3, -0.25) is 4.79 Å². The molecule has 3 heteroatoms. The SMILES string of the molecule is CCCCC(=O)N(Cc1ccc(-c2ccccc2)cc1)c1cccc(F)c1. The molecule has 0 atom stereocenters. The lowest BCUT2D eigenvalue weighted by molar-refractivity contribution is -0.118. The van der Waals surface area contributed by atoms with Gasteiger partial charge in [-0.1, -0.05) is 74.0 Å². The molecular weight excluding hydrogens is 337 g/mol. The van der Waals surface area contributed by atoms with Crippen molar-refractivity contribution < 1.29 is 9.18 Å². The minimum absolute atomic E-state index is 0.0228. The number of rotatable bonds is 7. The Morgan fingerprint density at radius 3 is 2.26 bits per heavy atom. The van der Waals surface area contributed by atoms with E-state index in [0.717, 1.165) is 29.5 Å². The lowest BCUT2D eigenvalue weighted by Crippen LogP contribution is -2.30. The van der Waals surface area contributed by atoms with Gasteiger partial charge in [0.25, 0.3) is 0 Å². The fourth-order valence-electron chi connectivity index (χ4n) is 3.05. The maximum absolute atomic E-state index is 13.7. The second kappa shape index (κ2) is 9.13. The van der Waals surface area contributed by atoms with Gasteiger partial charge in [-0.25, -0.2) is 4.39 Å². The third kappa shape index (κ3) is 5.04. The van der Waals surface area contributed by atoms with E-state index in [0.29, 0.717) is 18.7 Å². The number of nitrogens with zero attached hydrogens (tertiary/aromatic N) is 1. The van der Waals surface area contributed by atoms with Gasteiger partial charge >= 0.3 is 0 Å². The quantitative estimate of drug-likeness (QED) is 0.489. The lowest BCUT2D eigenvalue weighted by Gasteiger charge is -2.23. The maximum Gasteiger partial charge on any atom is 0.227 e. The third-order valence-electron chi connectivity index (χ3n) is 4.57. The van der Waals surface area contributed by atoms with Gasteiger partial charge in [0.2, 0.25) is 5.91 Å². The first-order valence-electron chi connectivity index (χ1n) is 9.37. The summed E-state index contributed by atoms with van der Waals surface area (Å²) >= 11 is 0. The summed E-state index contributed by atoms with van der Waals surface area (Å²) in [6.07, 6.45) is 2.25. The topological polar surface area (TPSA) is 20.3 Å². The van der Waals surface area contributed by atoms with Crippen LogP contribution in [0.3, 0.4) is 0 Å². The van der Waals surface area contributed by atoms with Crippen molar-refractivity contribution >= 4 is 11.6 Å². The zero-order chi connectivity index (χ0) is 19.1. The fourth-order valence-corrected chi connectivity index (χ4v) is 3.05. The van der Waals surface area contributed by atoms with Gasteiger partial charge in [-0.15, -0.1) is 0 Å². The van der Waals surface area contributed by atoms with E-state index in [9.17, 15) is 9.18 Å². The first-order valence-corrected chi connectivity index (χ1v) is 9.37. The van der Waals surface area contributed by atoms with E-state index in [1.807, 2.05) is 30.3 Å². The van der Waals surface area contributed by atoms with E-state index in [-0.39, 0.29) is 11.7 Å². The number of anilines is 1. The van der Waals surface area contributed by atoms with E-state index >= 15 is 0 Å². The summed E-state index contributed by atoms with van der Waals surface area (Å²) in [4.78, 5) is 14.4. The summed E-state index contributed by atoms with van der Waals surface area (Å²) in [6.45, 7) is 2.49. The maximum atomic E-state index is 13.7. The van der Waals surface area contributed by atoms with Gasteiger partial charge in [-0.05, 0) is 41.3 Å². The summed E-state index contributed by atoms with van der Waals surface area (Å²) < 4.78 is 13.7. The van der Waals surface area contributed by atoms with Crippen molar-refractivity contribution in [2.75, 3.05) is 4.90 Å². The molecule has 0 unspecified atom stereocenters. The highest BCUT2D eigenvalue weighted by molar-refractivity contribution is 5.93. The van der Waals surface area contributed by atoms with Crippen molar-refractivity contribution in [2.24, 2.45) is 0 Å². The van der Waals surface area contributed by atoms with Crippen molar-refractivity contribution in [1.29, 1.82) is 0 Å². The summed E-state index contributed by atoms with van der Waals surface area (Å²) in [5, 5.41) is 0. The van der Waals surface area contributed by atoms with Crippen molar-refractivity contribution in [3.8, 4) is 11.1 Å². The Labute approximate surface area is 160 Å². The highest BCUT2D eigenvalue weighted by Crippen LogP contribution is 2.23. The highest BCUT2D eigenvalue weighted by Gasteiger charge is 2.16. The summed E-state index contributed by atoms with van der Waals surface area (Å²) in [5.41, 5.74) is 3.91. The van der Waals surface area contributed by atoms with Crippen molar-refractivity contribution in [1.82, 2.24) is 0 Å². The Morgan fingerprint density at radius 2 is 1.59 bits per heavy atom. The van der Waals surface area contributed by atoms with Gasteiger partial charge < -0.3 is 4.90 Å². The Morgan fingerprint density at radius 1 is 0.889 bits per heavy atom. The van der Waals surface area contributed by atoms with E-state index < -0.39 is 0 Å². The van der Waals surface area contributed by atoms with Crippen LogP contribution in [0.15, 0.2) is 78.9 Å². The van der Waals surface area contributed by atoms with Crippen LogP contribution >= 0.6 is 0 Å². The molecule has 138 valence electrons. The average molecular weight is 361 g/mol.